The molecule has 0 bridgehead atoms. The predicted octanol–water partition coefficient (Wildman–Crippen LogP) is 15.9. The molecule has 3 nitrogen and oxygen atoms in total. The van der Waals surface area contributed by atoms with Crippen LogP contribution in [0.1, 0.15) is 52.7 Å². The minimum absolute atomic E-state index is 0.110. The average molecular weight is 1290 g/mol. The van der Waals surface area contributed by atoms with E-state index in [4.69, 9.17) is 0 Å². The zero-order chi connectivity index (χ0) is 66.3. The van der Waals surface area contributed by atoms with Gasteiger partial charge in [-0.3, -0.25) is 0 Å². The number of para-hydroxylation sites is 2. The Morgan fingerprint density at radius 2 is 0.653 bits per heavy atom. The van der Waals surface area contributed by atoms with Crippen LogP contribution in [0.2, 0.25) is 0 Å². The Labute approximate surface area is 579 Å². The van der Waals surface area contributed by atoms with Crippen LogP contribution < -0.4 is 67.7 Å². The van der Waals surface area contributed by atoms with Gasteiger partial charge in [-0.25, -0.2) is 0 Å². The van der Waals surface area contributed by atoms with Gasteiger partial charge in [0, 0.05) is 44.8 Å². The van der Waals surface area contributed by atoms with E-state index in [1.54, 1.807) is 0 Å². The summed E-state index contributed by atoms with van der Waals surface area (Å²) in [4.78, 5) is 5.33. The number of anilines is 6. The van der Waals surface area contributed by atoms with E-state index in [1.165, 1.54) is 102 Å². The first kappa shape index (κ1) is 60.6. The fraction of sp³-hybridized carbons (Fsp3) is 0.0870. The molecule has 0 N–H and O–H groups in total. The summed E-state index contributed by atoms with van der Waals surface area (Å²) in [5.74, 6) is 0. The number of hydrogen-bond donors (Lipinski definition) is 0. The van der Waals surface area contributed by atoms with Crippen molar-refractivity contribution in [3.05, 3.63) is 363 Å². The summed E-state index contributed by atoms with van der Waals surface area (Å²) in [5, 5.41) is 13.1. The van der Waals surface area contributed by atoms with E-state index in [-0.39, 0.29) is 17.5 Å². The van der Waals surface area contributed by atoms with Crippen molar-refractivity contribution in [2.45, 2.75) is 52.4 Å². The largest absolute Gasteiger partial charge is 0.311 e. The van der Waals surface area contributed by atoms with Gasteiger partial charge in [-0.15, -0.1) is 0 Å². The summed E-state index contributed by atoms with van der Waals surface area (Å²) in [6.07, 6.45) is 0. The van der Waals surface area contributed by atoms with Crippen LogP contribution in [-0.2, 0) is 10.8 Å². The fourth-order valence-corrected chi connectivity index (χ4v) is 26.1. The summed E-state index contributed by atoms with van der Waals surface area (Å²) in [7, 11) is -6.13. The predicted molar refractivity (Wildman–Crippen MR) is 425 cm³/mol. The zero-order valence-corrected chi connectivity index (χ0v) is 58.4. The first-order valence-corrected chi connectivity index (χ1v) is 38.6. The first-order chi connectivity index (χ1) is 47.9. The second-order valence-electron chi connectivity index (χ2n) is 28.8. The molecule has 0 atom stereocenters. The quantitative estimate of drug-likeness (QED) is 0.0892. The van der Waals surface area contributed by atoms with Crippen molar-refractivity contribution < 1.29 is 0 Å². The molecule has 14 aromatic carbocycles. The second-order valence-corrected chi connectivity index (χ2v) is 36.4. The molecule has 17 rings (SSSR count). The molecule has 0 fully saturated rings. The van der Waals surface area contributed by atoms with E-state index >= 15 is 0 Å². The van der Waals surface area contributed by atoms with Crippen LogP contribution >= 0.6 is 0 Å². The van der Waals surface area contributed by atoms with Gasteiger partial charge in [0.25, 0.3) is 6.71 Å². The van der Waals surface area contributed by atoms with Crippen LogP contribution in [0.4, 0.5) is 34.1 Å². The minimum atomic E-state index is -3.10. The van der Waals surface area contributed by atoms with E-state index in [1.807, 2.05) is 0 Å². The molecule has 0 aliphatic carbocycles. The lowest BCUT2D eigenvalue weighted by Gasteiger charge is -2.45. The number of hydrogen-bond acceptors (Lipinski definition) is 2. The van der Waals surface area contributed by atoms with Crippen molar-refractivity contribution in [2.75, 3.05) is 9.80 Å². The van der Waals surface area contributed by atoms with Gasteiger partial charge in [0.1, 0.15) is 0 Å². The highest BCUT2D eigenvalue weighted by Gasteiger charge is 2.48. The van der Waals surface area contributed by atoms with Gasteiger partial charge < -0.3 is 14.4 Å². The lowest BCUT2D eigenvalue weighted by atomic mass is 9.33. The van der Waals surface area contributed by atoms with Crippen LogP contribution in [0.5, 0.6) is 0 Å². The van der Waals surface area contributed by atoms with Crippen LogP contribution in [0.25, 0.3) is 38.6 Å². The smallest absolute Gasteiger partial charge is 0.252 e. The zero-order valence-electron chi connectivity index (χ0n) is 56.4. The molecule has 6 heteroatoms. The molecule has 1 aromatic heterocycles. The molecule has 2 aliphatic rings. The molecule has 0 saturated carbocycles. The Kier molecular flexibility index (Phi) is 14.8. The first-order valence-electron chi connectivity index (χ1n) is 34.6. The van der Waals surface area contributed by atoms with Gasteiger partial charge >= 0.3 is 0 Å². The lowest BCUT2D eigenvalue weighted by Crippen LogP contribution is -2.75. The molecule has 2 aliphatic heterocycles. The van der Waals surface area contributed by atoms with Gasteiger partial charge in [-0.1, -0.05) is 339 Å². The topological polar surface area (TPSA) is 11.4 Å². The van der Waals surface area contributed by atoms with E-state index in [0.717, 1.165) is 39.6 Å². The van der Waals surface area contributed by atoms with Gasteiger partial charge in [-0.05, 0) is 140 Å². The number of benzene rings is 14. The standard InChI is InChI=1S/C92H76BN3Si2/c1-91(2,3)66-53-56-79-80-57-54-67(92(4,5)6)60-86(80)95(85(79)59-66)69-62-88-90-89(63-69)96(83-51-30-28-49-78(83)65-33-14-7-15-34-65)87-64-77(98(73-42-22-11-23-43-73,74-44-24-12-25-45-74)75-46-26-13-27-47-75)55-58-82(87)93(90)81-50-29-31-52-84(81)94(88)68-35-32-48-76(61-68)97(70-36-16-8-17-37-70,71-38-18-9-19-39-71)72-40-20-10-21-41-72/h7-64H,1-6H3. The van der Waals surface area contributed by atoms with Crippen molar-refractivity contribution >= 4 is 137 Å². The molecule has 3 heterocycles. The van der Waals surface area contributed by atoms with Crippen LogP contribution in [0.15, 0.2) is 352 Å². The van der Waals surface area contributed by atoms with Gasteiger partial charge in [0.2, 0.25) is 0 Å². The lowest BCUT2D eigenvalue weighted by molar-refractivity contribution is 0.591. The SMILES string of the molecule is CC(C)(C)c1ccc2c3ccc(C(C)(C)C)cc3n(-c3cc4c5c(c3)N(c3ccccc3-c3ccccc3)c3cc([Si](c6ccccc6)(c6ccccc6)c6ccccc6)ccc3B5c3ccccc3N4c3cccc([Si](c4ccccc4)(c4ccccc4)c4ccccc4)c3)c2c1. The van der Waals surface area contributed by atoms with Crippen LogP contribution in [-0.4, -0.2) is 27.4 Å². The summed E-state index contributed by atoms with van der Waals surface area (Å²) in [5.41, 5.74) is 18.8. The van der Waals surface area contributed by atoms with E-state index < -0.39 is 16.1 Å². The van der Waals surface area contributed by atoms with Gasteiger partial charge in [0.15, 0.2) is 16.1 Å². The van der Waals surface area contributed by atoms with Gasteiger partial charge in [0.05, 0.1) is 22.4 Å². The second kappa shape index (κ2) is 24.0. The average Bonchev–Trinajstić information content (AvgIpc) is 0.859. The van der Waals surface area contributed by atoms with E-state index in [9.17, 15) is 0 Å². The third kappa shape index (κ3) is 9.75. The number of rotatable bonds is 12. The molecule has 0 spiro atoms. The number of fused-ring (bicyclic) bond motifs is 7. The van der Waals surface area contributed by atoms with Crippen molar-refractivity contribution in [1.29, 1.82) is 0 Å². The Hall–Kier alpha value is -11.0. The molecule has 0 amide bonds. The molecule has 0 saturated heterocycles. The summed E-state index contributed by atoms with van der Waals surface area (Å²) in [6, 6.07) is 135. The molecule has 470 valence electrons. The molecule has 0 unspecified atom stereocenters. The van der Waals surface area contributed by atoms with E-state index in [2.05, 4.69) is 408 Å². The van der Waals surface area contributed by atoms with Crippen molar-refractivity contribution in [1.82, 2.24) is 4.57 Å². The summed E-state index contributed by atoms with van der Waals surface area (Å²) >= 11 is 0. The molecule has 98 heavy (non-hydrogen) atoms. The highest BCUT2D eigenvalue weighted by Crippen LogP contribution is 2.49. The summed E-state index contributed by atoms with van der Waals surface area (Å²) in [6.45, 7) is 13.9. The third-order valence-corrected chi connectivity index (χ3v) is 30.7. The number of nitrogens with zero attached hydrogens (tertiary/aromatic N) is 3. The molecular weight excluding hydrogens is 1210 g/mol. The van der Waals surface area contributed by atoms with Crippen molar-refractivity contribution in [3.8, 4) is 16.8 Å². The highest BCUT2D eigenvalue weighted by molar-refractivity contribution is 7.20. The Bertz CT molecular complexity index is 5210. The van der Waals surface area contributed by atoms with Gasteiger partial charge in [-0.2, -0.15) is 0 Å². The Balaban J connectivity index is 1.03. The van der Waals surface area contributed by atoms with Crippen molar-refractivity contribution in [3.63, 3.8) is 0 Å². The summed E-state index contributed by atoms with van der Waals surface area (Å²) < 4.78 is 2.62. The highest BCUT2D eigenvalue weighted by atomic mass is 28.3. The third-order valence-electron chi connectivity index (χ3n) is 21.2. The normalized spacial score (nSPS) is 12.9. The van der Waals surface area contributed by atoms with Crippen LogP contribution in [0, 0.1) is 0 Å². The van der Waals surface area contributed by atoms with E-state index in [0.29, 0.717) is 0 Å². The maximum absolute atomic E-state index is 3.10. The molecule has 15 aromatic rings. The fourth-order valence-electron chi connectivity index (χ4n) is 16.6. The van der Waals surface area contributed by atoms with Crippen LogP contribution in [0.3, 0.4) is 0 Å². The number of aromatic nitrogens is 1. The maximum atomic E-state index is 2.69. The minimum Gasteiger partial charge on any atom is -0.311 e. The molecule has 0 radical (unpaired) electrons. The Morgan fingerprint density at radius 1 is 0.265 bits per heavy atom. The van der Waals surface area contributed by atoms with Crippen molar-refractivity contribution in [2.24, 2.45) is 0 Å². The monoisotopic (exact) mass is 1290 g/mol. The Morgan fingerprint density at radius 3 is 1.12 bits per heavy atom. The molecular formula is C92H76BN3Si2. The maximum Gasteiger partial charge on any atom is 0.252 e.